The number of methoxy groups -OCH3 is 1. The molecule has 36 heavy (non-hydrogen) atoms. The number of benzene rings is 2. The highest BCUT2D eigenvalue weighted by atomic mass is 19.1. The van der Waals surface area contributed by atoms with Crippen LogP contribution in [0.25, 0.3) is 33.4 Å². The van der Waals surface area contributed by atoms with Crippen molar-refractivity contribution in [2.24, 2.45) is 0 Å². The van der Waals surface area contributed by atoms with Crippen LogP contribution in [0.2, 0.25) is 0 Å². The van der Waals surface area contributed by atoms with Crippen LogP contribution in [0, 0.1) is 5.82 Å². The second-order valence-corrected chi connectivity index (χ2v) is 8.81. The minimum Gasteiger partial charge on any atom is -0.496 e. The first-order chi connectivity index (χ1) is 17.4. The predicted molar refractivity (Wildman–Crippen MR) is 135 cm³/mol. The van der Waals surface area contributed by atoms with Crippen molar-refractivity contribution >= 4 is 22.8 Å². The maximum absolute atomic E-state index is 15.2. The SMILES string of the molecule is CCn1cnc2c(-c3ccc(F)c(-c4cc5c(cc4OC)N(CCN(C)C)C(=O)CO5)c3)cnnc21. The lowest BCUT2D eigenvalue weighted by Crippen LogP contribution is -2.42. The van der Waals surface area contributed by atoms with E-state index in [1.54, 1.807) is 41.7 Å². The molecule has 1 aliphatic heterocycles. The third-order valence-electron chi connectivity index (χ3n) is 6.31. The Morgan fingerprint density at radius 1 is 1.17 bits per heavy atom. The number of ether oxygens (including phenoxy) is 2. The first-order valence-corrected chi connectivity index (χ1v) is 11.7. The molecule has 9 nitrogen and oxygen atoms in total. The lowest BCUT2D eigenvalue weighted by Gasteiger charge is -2.31. The van der Waals surface area contributed by atoms with E-state index in [0.29, 0.717) is 59.1 Å². The number of imidazole rings is 1. The van der Waals surface area contributed by atoms with Gasteiger partial charge in [-0.3, -0.25) is 4.79 Å². The Morgan fingerprint density at radius 2 is 2.00 bits per heavy atom. The molecular weight excluding hydrogens is 463 g/mol. The van der Waals surface area contributed by atoms with Gasteiger partial charge in [0.1, 0.15) is 22.8 Å². The Bertz CT molecular complexity index is 1450. The number of fused-ring (bicyclic) bond motifs is 2. The maximum Gasteiger partial charge on any atom is 0.265 e. The van der Waals surface area contributed by atoms with Gasteiger partial charge in [0.2, 0.25) is 0 Å². The van der Waals surface area contributed by atoms with Gasteiger partial charge >= 0.3 is 0 Å². The maximum atomic E-state index is 15.2. The van der Waals surface area contributed by atoms with Gasteiger partial charge in [0.25, 0.3) is 5.91 Å². The van der Waals surface area contributed by atoms with Crippen molar-refractivity contribution in [2.45, 2.75) is 13.5 Å². The molecule has 10 heteroatoms. The summed E-state index contributed by atoms with van der Waals surface area (Å²) in [5, 5.41) is 8.36. The molecule has 0 unspecified atom stereocenters. The molecule has 0 spiro atoms. The monoisotopic (exact) mass is 490 g/mol. The lowest BCUT2D eigenvalue weighted by atomic mass is 9.97. The number of amides is 1. The molecule has 0 bridgehead atoms. The quantitative estimate of drug-likeness (QED) is 0.391. The van der Waals surface area contributed by atoms with Gasteiger partial charge in [0.05, 0.1) is 25.3 Å². The van der Waals surface area contributed by atoms with E-state index in [1.165, 1.54) is 13.2 Å². The van der Waals surface area contributed by atoms with Crippen molar-refractivity contribution in [1.82, 2.24) is 24.6 Å². The van der Waals surface area contributed by atoms with Gasteiger partial charge in [-0.1, -0.05) is 6.07 Å². The summed E-state index contributed by atoms with van der Waals surface area (Å²) in [6.07, 6.45) is 3.36. The number of halogens is 1. The highest BCUT2D eigenvalue weighted by Gasteiger charge is 2.28. The van der Waals surface area contributed by atoms with Crippen LogP contribution in [-0.2, 0) is 11.3 Å². The van der Waals surface area contributed by atoms with Gasteiger partial charge in [0, 0.05) is 42.4 Å². The van der Waals surface area contributed by atoms with E-state index in [4.69, 9.17) is 9.47 Å². The van der Waals surface area contributed by atoms with Crippen molar-refractivity contribution in [2.75, 3.05) is 45.8 Å². The second-order valence-electron chi connectivity index (χ2n) is 8.81. The summed E-state index contributed by atoms with van der Waals surface area (Å²) >= 11 is 0. The minimum atomic E-state index is -0.411. The molecule has 2 aromatic carbocycles. The molecule has 0 radical (unpaired) electrons. The van der Waals surface area contributed by atoms with Gasteiger partial charge in [0.15, 0.2) is 12.3 Å². The molecule has 1 aliphatic rings. The van der Waals surface area contributed by atoms with Crippen LogP contribution in [0.3, 0.4) is 0 Å². The second kappa shape index (κ2) is 9.54. The van der Waals surface area contributed by atoms with Gasteiger partial charge in [-0.2, -0.15) is 5.10 Å². The summed E-state index contributed by atoms with van der Waals surface area (Å²) in [7, 11) is 5.42. The Morgan fingerprint density at radius 3 is 2.75 bits per heavy atom. The first-order valence-electron chi connectivity index (χ1n) is 11.7. The van der Waals surface area contributed by atoms with Gasteiger partial charge in [-0.15, -0.1) is 5.10 Å². The van der Waals surface area contributed by atoms with E-state index in [2.05, 4.69) is 15.2 Å². The van der Waals surface area contributed by atoms with E-state index >= 15 is 4.39 Å². The van der Waals surface area contributed by atoms with Crippen LogP contribution in [0.1, 0.15) is 6.92 Å². The van der Waals surface area contributed by atoms with E-state index < -0.39 is 5.82 Å². The number of carbonyl (C=O) groups excluding carboxylic acids is 1. The summed E-state index contributed by atoms with van der Waals surface area (Å²) in [5.74, 6) is 0.397. The Kier molecular flexibility index (Phi) is 6.27. The zero-order valence-electron chi connectivity index (χ0n) is 20.7. The molecule has 2 aromatic heterocycles. The van der Waals surface area contributed by atoms with Crippen LogP contribution in [0.5, 0.6) is 11.5 Å². The fraction of sp³-hybridized carbons (Fsp3) is 0.308. The topological polar surface area (TPSA) is 85.6 Å². The summed E-state index contributed by atoms with van der Waals surface area (Å²) in [4.78, 5) is 20.8. The van der Waals surface area contributed by atoms with E-state index in [0.717, 1.165) is 11.1 Å². The van der Waals surface area contributed by atoms with Gasteiger partial charge < -0.3 is 23.8 Å². The van der Waals surface area contributed by atoms with Gasteiger partial charge in [-0.25, -0.2) is 9.37 Å². The number of anilines is 1. The number of likely N-dealkylation sites (N-methyl/N-ethyl adjacent to an activating group) is 1. The Hall–Kier alpha value is -4.05. The average molecular weight is 491 g/mol. The molecule has 4 aromatic rings. The molecule has 186 valence electrons. The average Bonchev–Trinajstić information content (AvgIpc) is 3.31. The van der Waals surface area contributed by atoms with Crippen LogP contribution in [0.15, 0.2) is 42.9 Å². The minimum absolute atomic E-state index is 0.0739. The summed E-state index contributed by atoms with van der Waals surface area (Å²) < 4.78 is 28.5. The first kappa shape index (κ1) is 23.7. The normalized spacial score (nSPS) is 13.3. The number of carbonyl (C=O) groups is 1. The zero-order valence-corrected chi connectivity index (χ0v) is 20.7. The number of nitrogens with zero attached hydrogens (tertiary/aromatic N) is 6. The van der Waals surface area contributed by atoms with Crippen LogP contribution >= 0.6 is 0 Å². The molecule has 5 rings (SSSR count). The number of hydrogen-bond donors (Lipinski definition) is 0. The van der Waals surface area contributed by atoms with Gasteiger partial charge in [-0.05, 0) is 44.8 Å². The third-order valence-corrected chi connectivity index (χ3v) is 6.31. The fourth-order valence-corrected chi connectivity index (χ4v) is 4.37. The van der Waals surface area contributed by atoms with E-state index in [1.807, 2.05) is 30.5 Å². The van der Waals surface area contributed by atoms with Crippen molar-refractivity contribution in [3.63, 3.8) is 0 Å². The summed E-state index contributed by atoms with van der Waals surface area (Å²) in [5.41, 5.74) is 4.33. The van der Waals surface area contributed by atoms with Crippen LogP contribution in [-0.4, -0.2) is 71.5 Å². The molecule has 0 fully saturated rings. The van der Waals surface area contributed by atoms with Crippen molar-refractivity contribution < 1.29 is 18.7 Å². The molecular formula is C26H27FN6O3. The number of aromatic nitrogens is 4. The predicted octanol–water partition coefficient (Wildman–Crippen LogP) is 3.61. The van der Waals surface area contributed by atoms with Crippen LogP contribution < -0.4 is 14.4 Å². The number of hydrogen-bond acceptors (Lipinski definition) is 7. The molecule has 3 heterocycles. The largest absolute Gasteiger partial charge is 0.496 e. The molecule has 0 saturated carbocycles. The Labute approximate surface area is 208 Å². The Balaban J connectivity index is 1.61. The summed E-state index contributed by atoms with van der Waals surface area (Å²) in [6.45, 7) is 3.84. The molecule has 0 saturated heterocycles. The highest BCUT2D eigenvalue weighted by molar-refractivity contribution is 5.99. The zero-order chi connectivity index (χ0) is 25.4. The smallest absolute Gasteiger partial charge is 0.265 e. The van der Waals surface area contributed by atoms with Crippen molar-refractivity contribution in [3.05, 3.63) is 48.7 Å². The fourth-order valence-electron chi connectivity index (χ4n) is 4.37. The summed E-state index contributed by atoms with van der Waals surface area (Å²) in [6, 6.07) is 8.33. The molecule has 0 N–H and O–H groups in total. The highest BCUT2D eigenvalue weighted by Crippen LogP contribution is 2.44. The lowest BCUT2D eigenvalue weighted by molar-refractivity contribution is -0.121. The van der Waals surface area contributed by atoms with E-state index in [-0.39, 0.29) is 12.5 Å². The third kappa shape index (κ3) is 4.13. The van der Waals surface area contributed by atoms with Crippen molar-refractivity contribution in [3.8, 4) is 33.8 Å². The van der Waals surface area contributed by atoms with Crippen LogP contribution in [0.4, 0.5) is 10.1 Å². The number of rotatable bonds is 7. The van der Waals surface area contributed by atoms with Crippen molar-refractivity contribution in [1.29, 1.82) is 0 Å². The molecule has 0 atom stereocenters. The van der Waals surface area contributed by atoms with E-state index in [9.17, 15) is 4.79 Å². The standard InChI is InChI=1S/C26H27FN6O3/c1-5-32-15-28-25-19(13-29-30-26(25)32)16-6-7-20(27)17(10-16)18-11-23-21(12-22(18)35-4)33(9-8-31(2)3)24(34)14-36-23/h6-7,10-13,15H,5,8-9,14H2,1-4H3. The molecule has 0 aliphatic carbocycles. The number of aryl methyl sites for hydroxylation is 1. The molecule has 1 amide bonds.